The van der Waals surface area contributed by atoms with Crippen LogP contribution in [0.4, 0.5) is 0 Å². The number of nitrogens with one attached hydrogen (secondary N) is 1. The summed E-state index contributed by atoms with van der Waals surface area (Å²) in [5.74, 6) is -0.282. The first-order valence-electron chi connectivity index (χ1n) is 8.25. The van der Waals surface area contributed by atoms with Crippen LogP contribution in [0.3, 0.4) is 0 Å². The monoisotopic (exact) mass is 287 g/mol. The van der Waals surface area contributed by atoms with Gasteiger partial charge in [-0.25, -0.2) is 4.79 Å². The quantitative estimate of drug-likeness (QED) is 0.371. The molecule has 0 aromatic carbocycles. The normalized spacial score (nSPS) is 10.7. The van der Waals surface area contributed by atoms with Crippen LogP contribution in [0.5, 0.6) is 0 Å². The number of unbranched alkanes of at least 4 members (excludes halogenated alkanes) is 7. The Bertz CT molecular complexity index is 210. The second kappa shape index (κ2) is 16.4. The van der Waals surface area contributed by atoms with Crippen molar-refractivity contribution in [3.05, 3.63) is 0 Å². The van der Waals surface area contributed by atoms with Crippen molar-refractivity contribution in [2.45, 2.75) is 65.2 Å². The van der Waals surface area contributed by atoms with Crippen LogP contribution in [0.25, 0.3) is 0 Å². The maximum atomic E-state index is 11.0. The molecule has 0 aliphatic rings. The molecule has 0 bridgehead atoms. The van der Waals surface area contributed by atoms with Gasteiger partial charge in [0.2, 0.25) is 0 Å². The lowest BCUT2D eigenvalue weighted by molar-refractivity contribution is -0.148. The van der Waals surface area contributed by atoms with Gasteiger partial charge in [0.05, 0.1) is 13.2 Å². The average molecular weight is 287 g/mol. The van der Waals surface area contributed by atoms with E-state index in [0.29, 0.717) is 13.2 Å². The Labute approximate surface area is 124 Å². The van der Waals surface area contributed by atoms with Gasteiger partial charge in [0, 0.05) is 6.54 Å². The summed E-state index contributed by atoms with van der Waals surface area (Å²) >= 11 is 0. The fraction of sp³-hybridized carbons (Fsp3) is 0.938. The first-order valence-corrected chi connectivity index (χ1v) is 8.25. The molecule has 4 heteroatoms. The zero-order chi connectivity index (χ0) is 14.9. The summed E-state index contributed by atoms with van der Waals surface area (Å²) in [5.41, 5.74) is 0. The lowest BCUT2D eigenvalue weighted by atomic mass is 10.1. The molecule has 1 N–H and O–H groups in total. The molecule has 0 heterocycles. The van der Waals surface area contributed by atoms with Gasteiger partial charge in [-0.2, -0.15) is 0 Å². The van der Waals surface area contributed by atoms with Gasteiger partial charge in [0.1, 0.15) is 6.61 Å². The van der Waals surface area contributed by atoms with Crippen molar-refractivity contribution in [2.75, 3.05) is 32.9 Å². The molecule has 0 rings (SSSR count). The standard InChI is InChI=1S/C16H33NO3/c1-3-5-6-7-8-9-10-11-12-17-13-14-19-15-16(18)20-4-2/h17H,3-15H2,1-2H3. The predicted octanol–water partition coefficient (Wildman–Crippen LogP) is 3.30. The molecule has 0 fully saturated rings. The van der Waals surface area contributed by atoms with Gasteiger partial charge in [0.15, 0.2) is 0 Å². The Morgan fingerprint density at radius 3 is 2.20 bits per heavy atom. The highest BCUT2D eigenvalue weighted by Gasteiger charge is 2.00. The fourth-order valence-electron chi connectivity index (χ4n) is 2.01. The van der Waals surface area contributed by atoms with Crippen molar-refractivity contribution in [2.24, 2.45) is 0 Å². The van der Waals surface area contributed by atoms with E-state index in [2.05, 4.69) is 12.2 Å². The molecule has 0 aliphatic heterocycles. The lowest BCUT2D eigenvalue weighted by Crippen LogP contribution is -2.22. The highest BCUT2D eigenvalue weighted by atomic mass is 16.6. The second-order valence-electron chi connectivity index (χ2n) is 5.08. The summed E-state index contributed by atoms with van der Waals surface area (Å²) in [6.45, 7) is 6.93. The van der Waals surface area contributed by atoms with Crippen LogP contribution in [-0.2, 0) is 14.3 Å². The second-order valence-corrected chi connectivity index (χ2v) is 5.08. The molecule has 0 amide bonds. The average Bonchev–Trinajstić information content (AvgIpc) is 2.44. The molecular formula is C16H33NO3. The molecule has 0 radical (unpaired) electrons. The summed E-state index contributed by atoms with van der Waals surface area (Å²) in [6.07, 6.45) is 10.8. The van der Waals surface area contributed by atoms with E-state index >= 15 is 0 Å². The number of rotatable bonds is 15. The molecule has 0 saturated carbocycles. The van der Waals surface area contributed by atoms with E-state index in [0.717, 1.165) is 13.1 Å². The molecule has 0 aromatic rings. The molecule has 0 aliphatic carbocycles. The third-order valence-electron chi connectivity index (χ3n) is 3.16. The minimum atomic E-state index is -0.282. The Kier molecular flexibility index (Phi) is 15.9. The number of esters is 1. The zero-order valence-electron chi connectivity index (χ0n) is 13.4. The van der Waals surface area contributed by atoms with Crippen molar-refractivity contribution < 1.29 is 14.3 Å². The summed E-state index contributed by atoms with van der Waals surface area (Å²) in [7, 11) is 0. The minimum absolute atomic E-state index is 0.0628. The third-order valence-corrected chi connectivity index (χ3v) is 3.16. The maximum absolute atomic E-state index is 11.0. The molecule has 4 nitrogen and oxygen atoms in total. The first kappa shape index (κ1) is 19.4. The SMILES string of the molecule is CCCCCCCCCCNCCOCC(=O)OCC. The van der Waals surface area contributed by atoms with Crippen molar-refractivity contribution >= 4 is 5.97 Å². The summed E-state index contributed by atoms with van der Waals surface area (Å²) < 4.78 is 9.96. The molecular weight excluding hydrogens is 254 g/mol. The van der Waals surface area contributed by atoms with Gasteiger partial charge in [-0.15, -0.1) is 0 Å². The van der Waals surface area contributed by atoms with Gasteiger partial charge >= 0.3 is 5.97 Å². The number of carbonyl (C=O) groups is 1. The number of carbonyl (C=O) groups excluding carboxylic acids is 1. The van der Waals surface area contributed by atoms with Gasteiger partial charge in [-0.1, -0.05) is 51.9 Å². The first-order chi connectivity index (χ1) is 9.81. The Hall–Kier alpha value is -0.610. The van der Waals surface area contributed by atoms with Crippen LogP contribution in [0.1, 0.15) is 65.2 Å². The largest absolute Gasteiger partial charge is 0.464 e. The molecule has 120 valence electrons. The van der Waals surface area contributed by atoms with Crippen molar-refractivity contribution in [1.29, 1.82) is 0 Å². The maximum Gasteiger partial charge on any atom is 0.332 e. The van der Waals surface area contributed by atoms with Crippen LogP contribution in [0.2, 0.25) is 0 Å². The number of hydrogen-bond acceptors (Lipinski definition) is 4. The fourth-order valence-corrected chi connectivity index (χ4v) is 2.01. The molecule has 0 saturated heterocycles. The van der Waals surface area contributed by atoms with Crippen LogP contribution < -0.4 is 5.32 Å². The Morgan fingerprint density at radius 2 is 1.55 bits per heavy atom. The number of hydrogen-bond donors (Lipinski definition) is 1. The molecule has 20 heavy (non-hydrogen) atoms. The Morgan fingerprint density at radius 1 is 0.900 bits per heavy atom. The van der Waals surface area contributed by atoms with Crippen molar-refractivity contribution in [3.8, 4) is 0 Å². The van der Waals surface area contributed by atoms with E-state index in [1.54, 1.807) is 6.92 Å². The molecule has 0 unspecified atom stereocenters. The van der Waals surface area contributed by atoms with Crippen LogP contribution in [-0.4, -0.2) is 38.9 Å². The van der Waals surface area contributed by atoms with Crippen molar-refractivity contribution in [1.82, 2.24) is 5.32 Å². The van der Waals surface area contributed by atoms with Crippen molar-refractivity contribution in [3.63, 3.8) is 0 Å². The predicted molar refractivity (Wildman–Crippen MR) is 82.9 cm³/mol. The molecule has 0 spiro atoms. The van der Waals surface area contributed by atoms with E-state index in [4.69, 9.17) is 9.47 Å². The summed E-state index contributed by atoms with van der Waals surface area (Å²) in [4.78, 5) is 11.0. The van der Waals surface area contributed by atoms with E-state index in [1.165, 1.54) is 51.4 Å². The van der Waals surface area contributed by atoms with Crippen LogP contribution in [0, 0.1) is 0 Å². The van der Waals surface area contributed by atoms with Gasteiger partial charge in [0.25, 0.3) is 0 Å². The van der Waals surface area contributed by atoms with Crippen LogP contribution >= 0.6 is 0 Å². The van der Waals surface area contributed by atoms with Gasteiger partial charge in [-0.3, -0.25) is 0 Å². The van der Waals surface area contributed by atoms with Crippen LogP contribution in [0.15, 0.2) is 0 Å². The molecule has 0 aromatic heterocycles. The van der Waals surface area contributed by atoms with E-state index in [1.807, 2.05) is 0 Å². The Balaban J connectivity index is 3.01. The minimum Gasteiger partial charge on any atom is -0.464 e. The van der Waals surface area contributed by atoms with E-state index in [-0.39, 0.29) is 12.6 Å². The van der Waals surface area contributed by atoms with Gasteiger partial charge < -0.3 is 14.8 Å². The van der Waals surface area contributed by atoms with Gasteiger partial charge in [-0.05, 0) is 19.9 Å². The third kappa shape index (κ3) is 15.4. The van der Waals surface area contributed by atoms with E-state index in [9.17, 15) is 4.79 Å². The highest BCUT2D eigenvalue weighted by molar-refractivity contribution is 5.70. The number of ether oxygens (including phenoxy) is 2. The van der Waals surface area contributed by atoms with E-state index < -0.39 is 0 Å². The lowest BCUT2D eigenvalue weighted by Gasteiger charge is -2.06. The topological polar surface area (TPSA) is 47.6 Å². The smallest absolute Gasteiger partial charge is 0.332 e. The summed E-state index contributed by atoms with van der Waals surface area (Å²) in [5, 5.41) is 3.33. The zero-order valence-corrected chi connectivity index (χ0v) is 13.4. The molecule has 0 atom stereocenters. The highest BCUT2D eigenvalue weighted by Crippen LogP contribution is 2.07. The summed E-state index contributed by atoms with van der Waals surface area (Å²) in [6, 6.07) is 0.